The molecule has 3 rings (SSSR count). The highest BCUT2D eigenvalue weighted by Crippen LogP contribution is 2.38. The van der Waals surface area contributed by atoms with Gasteiger partial charge in [-0.3, -0.25) is 4.79 Å². The van der Waals surface area contributed by atoms with Crippen molar-refractivity contribution in [3.05, 3.63) is 48.0 Å². The van der Waals surface area contributed by atoms with Crippen LogP contribution in [-0.2, 0) is 11.3 Å². The van der Waals surface area contributed by atoms with Crippen LogP contribution in [0.25, 0.3) is 0 Å². The van der Waals surface area contributed by atoms with Gasteiger partial charge in [-0.1, -0.05) is 0 Å². The molecule has 0 aliphatic heterocycles. The van der Waals surface area contributed by atoms with Crippen LogP contribution >= 0.6 is 0 Å². The zero-order valence-electron chi connectivity index (χ0n) is 13.0. The van der Waals surface area contributed by atoms with E-state index in [1.165, 1.54) is 12.8 Å². The topological polar surface area (TPSA) is 73.3 Å². The molecule has 6 nitrogen and oxygen atoms in total. The summed E-state index contributed by atoms with van der Waals surface area (Å²) in [6, 6.07) is 9.06. The second kappa shape index (κ2) is 7.09. The molecule has 1 aromatic heterocycles. The van der Waals surface area contributed by atoms with E-state index in [9.17, 15) is 4.79 Å². The van der Waals surface area contributed by atoms with E-state index < -0.39 is 0 Å². The molecular weight excluding hydrogens is 294 g/mol. The van der Waals surface area contributed by atoms with E-state index in [1.807, 2.05) is 6.07 Å². The first-order valence-electron chi connectivity index (χ1n) is 7.59. The van der Waals surface area contributed by atoms with E-state index in [2.05, 4.69) is 15.3 Å². The monoisotopic (exact) mass is 313 g/mol. The molecule has 0 bridgehead atoms. The number of amides is 1. The number of nitrogens with one attached hydrogen (secondary N) is 1. The molecule has 120 valence electrons. The van der Waals surface area contributed by atoms with Gasteiger partial charge in [0, 0.05) is 11.6 Å². The summed E-state index contributed by atoms with van der Waals surface area (Å²) in [6.07, 6.45) is 3.94. The fourth-order valence-corrected chi connectivity index (χ4v) is 2.17. The molecule has 6 heteroatoms. The van der Waals surface area contributed by atoms with Crippen molar-refractivity contribution in [1.82, 2.24) is 15.3 Å². The maximum absolute atomic E-state index is 11.8. The first kappa shape index (κ1) is 15.3. The summed E-state index contributed by atoms with van der Waals surface area (Å²) in [5.74, 6) is 1.76. The third kappa shape index (κ3) is 4.42. The van der Waals surface area contributed by atoms with E-state index in [0.29, 0.717) is 18.2 Å². The van der Waals surface area contributed by atoms with Crippen LogP contribution in [0, 0.1) is 0 Å². The van der Waals surface area contributed by atoms with Gasteiger partial charge in [-0.2, -0.15) is 0 Å². The molecule has 1 N–H and O–H groups in total. The minimum Gasteiger partial charge on any atom is -0.497 e. The van der Waals surface area contributed by atoms with Crippen molar-refractivity contribution < 1.29 is 14.3 Å². The lowest BCUT2D eigenvalue weighted by molar-refractivity contribution is -0.123. The van der Waals surface area contributed by atoms with Crippen LogP contribution in [0.15, 0.2) is 36.7 Å². The highest BCUT2D eigenvalue weighted by Gasteiger charge is 2.25. The minimum atomic E-state index is -0.188. The molecular formula is C17H19N3O3. The van der Waals surface area contributed by atoms with E-state index in [-0.39, 0.29) is 12.5 Å². The summed E-state index contributed by atoms with van der Waals surface area (Å²) in [6.45, 7) is 0.347. The summed E-state index contributed by atoms with van der Waals surface area (Å²) in [5, 5.41) is 2.80. The summed E-state index contributed by atoms with van der Waals surface area (Å²) in [4.78, 5) is 20.3. The van der Waals surface area contributed by atoms with Crippen molar-refractivity contribution in [2.24, 2.45) is 0 Å². The molecule has 1 aromatic carbocycles. The molecule has 0 radical (unpaired) electrons. The zero-order valence-corrected chi connectivity index (χ0v) is 13.0. The number of rotatable bonds is 7. The molecule has 1 saturated carbocycles. The van der Waals surface area contributed by atoms with Gasteiger partial charge in [-0.25, -0.2) is 9.97 Å². The van der Waals surface area contributed by atoms with Gasteiger partial charge >= 0.3 is 0 Å². The van der Waals surface area contributed by atoms with Crippen LogP contribution in [0.3, 0.4) is 0 Å². The molecule has 23 heavy (non-hydrogen) atoms. The molecule has 0 saturated heterocycles. The maximum atomic E-state index is 11.8. The Morgan fingerprint density at radius 1 is 1.22 bits per heavy atom. The molecule has 0 atom stereocenters. The largest absolute Gasteiger partial charge is 0.497 e. The summed E-state index contributed by atoms with van der Waals surface area (Å²) >= 11 is 0. The minimum absolute atomic E-state index is 0.0348. The second-order valence-electron chi connectivity index (χ2n) is 5.45. The van der Waals surface area contributed by atoms with Gasteiger partial charge in [0.25, 0.3) is 5.91 Å². The summed E-state index contributed by atoms with van der Waals surface area (Å²) in [7, 11) is 1.60. The highest BCUT2D eigenvalue weighted by atomic mass is 16.5. The van der Waals surface area contributed by atoms with Crippen molar-refractivity contribution in [1.29, 1.82) is 0 Å². The summed E-state index contributed by atoms with van der Waals surface area (Å²) < 4.78 is 10.5. The first-order chi connectivity index (χ1) is 11.2. The average molecular weight is 313 g/mol. The van der Waals surface area contributed by atoms with Crippen molar-refractivity contribution in [3.8, 4) is 11.5 Å². The summed E-state index contributed by atoms with van der Waals surface area (Å²) in [5.41, 5.74) is 1.89. The van der Waals surface area contributed by atoms with Crippen molar-refractivity contribution in [2.45, 2.75) is 25.3 Å². The lowest BCUT2D eigenvalue weighted by Crippen LogP contribution is -2.28. The van der Waals surface area contributed by atoms with Crippen LogP contribution in [0.2, 0.25) is 0 Å². The number of carbonyl (C=O) groups is 1. The number of nitrogens with zero attached hydrogens (tertiary/aromatic N) is 2. The normalized spacial score (nSPS) is 13.4. The Bertz CT molecular complexity index is 669. The van der Waals surface area contributed by atoms with E-state index in [1.54, 1.807) is 37.7 Å². The SMILES string of the molecule is COc1ccc(OCC(=O)NCc2cc(C3CC3)ncn2)cc1. The van der Waals surface area contributed by atoms with Crippen LogP contribution in [0.4, 0.5) is 0 Å². The van der Waals surface area contributed by atoms with Crippen LogP contribution < -0.4 is 14.8 Å². The Labute approximate surface area is 134 Å². The number of carbonyl (C=O) groups excluding carboxylic acids is 1. The predicted molar refractivity (Wildman–Crippen MR) is 84.3 cm³/mol. The fourth-order valence-electron chi connectivity index (χ4n) is 2.17. The molecule has 1 aliphatic carbocycles. The van der Waals surface area contributed by atoms with Gasteiger partial charge in [0.2, 0.25) is 0 Å². The van der Waals surface area contributed by atoms with E-state index in [0.717, 1.165) is 17.1 Å². The quantitative estimate of drug-likeness (QED) is 0.847. The second-order valence-corrected chi connectivity index (χ2v) is 5.45. The Hall–Kier alpha value is -2.63. The van der Waals surface area contributed by atoms with Crippen molar-refractivity contribution in [3.63, 3.8) is 0 Å². The predicted octanol–water partition coefficient (Wildman–Crippen LogP) is 2.06. The van der Waals surface area contributed by atoms with Crippen LogP contribution in [0.1, 0.15) is 30.1 Å². The highest BCUT2D eigenvalue weighted by molar-refractivity contribution is 5.77. The average Bonchev–Trinajstić information content (AvgIpc) is 3.44. The Kier molecular flexibility index (Phi) is 4.71. The molecule has 1 amide bonds. The number of benzene rings is 1. The van der Waals surface area contributed by atoms with Gasteiger partial charge < -0.3 is 14.8 Å². The number of methoxy groups -OCH3 is 1. The fraction of sp³-hybridized carbons (Fsp3) is 0.353. The smallest absolute Gasteiger partial charge is 0.258 e. The molecule has 1 aliphatic rings. The van der Waals surface area contributed by atoms with Crippen molar-refractivity contribution >= 4 is 5.91 Å². The number of hydrogen-bond donors (Lipinski definition) is 1. The van der Waals surface area contributed by atoms with Crippen LogP contribution in [0.5, 0.6) is 11.5 Å². The lowest BCUT2D eigenvalue weighted by atomic mass is 10.2. The lowest BCUT2D eigenvalue weighted by Gasteiger charge is -2.08. The van der Waals surface area contributed by atoms with Gasteiger partial charge in [-0.05, 0) is 43.2 Å². The standard InChI is InChI=1S/C17H19N3O3/c1-22-14-4-6-15(7-5-14)23-10-17(21)18-9-13-8-16(12-2-3-12)20-11-19-13/h4-8,11-12H,2-3,9-10H2,1H3,(H,18,21). The van der Waals surface area contributed by atoms with Gasteiger partial charge in [-0.15, -0.1) is 0 Å². The molecule has 2 aromatic rings. The van der Waals surface area contributed by atoms with Crippen molar-refractivity contribution in [2.75, 3.05) is 13.7 Å². The van der Waals surface area contributed by atoms with Gasteiger partial charge in [0.1, 0.15) is 17.8 Å². The van der Waals surface area contributed by atoms with Crippen LogP contribution in [-0.4, -0.2) is 29.6 Å². The Morgan fingerprint density at radius 3 is 2.65 bits per heavy atom. The third-order valence-corrected chi connectivity index (χ3v) is 3.64. The Balaban J connectivity index is 1.44. The van der Waals surface area contributed by atoms with E-state index in [4.69, 9.17) is 9.47 Å². The number of aromatic nitrogens is 2. The molecule has 0 spiro atoms. The Morgan fingerprint density at radius 2 is 1.96 bits per heavy atom. The maximum Gasteiger partial charge on any atom is 0.258 e. The van der Waals surface area contributed by atoms with Gasteiger partial charge in [0.05, 0.1) is 19.3 Å². The first-order valence-corrected chi connectivity index (χ1v) is 7.59. The number of hydrogen-bond acceptors (Lipinski definition) is 5. The molecule has 1 fully saturated rings. The molecule has 0 unspecified atom stereocenters. The third-order valence-electron chi connectivity index (χ3n) is 3.64. The van der Waals surface area contributed by atoms with Gasteiger partial charge in [0.15, 0.2) is 6.61 Å². The molecule has 1 heterocycles. The number of ether oxygens (including phenoxy) is 2. The zero-order chi connectivity index (χ0) is 16.1. The van der Waals surface area contributed by atoms with E-state index >= 15 is 0 Å².